The van der Waals surface area contributed by atoms with E-state index < -0.39 is 0 Å². The van der Waals surface area contributed by atoms with Crippen LogP contribution in [0.4, 0.5) is 0 Å². The van der Waals surface area contributed by atoms with E-state index in [1.54, 1.807) is 5.56 Å². The highest BCUT2D eigenvalue weighted by Crippen LogP contribution is 2.42. The van der Waals surface area contributed by atoms with Gasteiger partial charge in [-0.05, 0) is 48.3 Å². The van der Waals surface area contributed by atoms with E-state index in [9.17, 15) is 0 Å². The zero-order valence-electron chi connectivity index (χ0n) is 13.4. The van der Waals surface area contributed by atoms with Gasteiger partial charge in [0.15, 0.2) is 0 Å². The van der Waals surface area contributed by atoms with Gasteiger partial charge in [0.05, 0.1) is 0 Å². The van der Waals surface area contributed by atoms with Crippen molar-refractivity contribution in [2.24, 2.45) is 11.8 Å². The molecule has 2 rings (SSSR count). The molecule has 0 aliphatic heterocycles. The predicted molar refractivity (Wildman–Crippen MR) is 88.9 cm³/mol. The first kappa shape index (κ1) is 15.3. The van der Waals surface area contributed by atoms with Gasteiger partial charge < -0.3 is 5.32 Å². The normalized spacial score (nSPS) is 16.2. The summed E-state index contributed by atoms with van der Waals surface area (Å²) in [6.45, 7) is 11.2. The Morgan fingerprint density at radius 2 is 1.90 bits per heavy atom. The maximum Gasteiger partial charge on any atom is 0.0170 e. The van der Waals surface area contributed by atoms with Gasteiger partial charge in [-0.2, -0.15) is 0 Å². The van der Waals surface area contributed by atoms with E-state index in [1.807, 2.05) is 0 Å². The van der Waals surface area contributed by atoms with Crippen molar-refractivity contribution in [3.05, 3.63) is 41.0 Å². The number of rotatable bonds is 7. The van der Waals surface area contributed by atoms with Crippen molar-refractivity contribution in [2.75, 3.05) is 13.1 Å². The fourth-order valence-electron chi connectivity index (χ4n) is 2.54. The summed E-state index contributed by atoms with van der Waals surface area (Å²) in [6, 6.07) is 8.93. The van der Waals surface area contributed by atoms with Crippen LogP contribution in [0.5, 0.6) is 0 Å². The van der Waals surface area contributed by atoms with Crippen LogP contribution < -0.4 is 5.32 Å². The lowest BCUT2D eigenvalue weighted by Gasteiger charge is -2.15. The lowest BCUT2D eigenvalue weighted by molar-refractivity contribution is 0.558. The second kappa shape index (κ2) is 7.08. The third kappa shape index (κ3) is 4.49. The summed E-state index contributed by atoms with van der Waals surface area (Å²) in [6.07, 6.45) is 5.16. The Balaban J connectivity index is 2.11. The van der Waals surface area contributed by atoms with Crippen LogP contribution in [0.25, 0.3) is 6.08 Å². The first-order chi connectivity index (χ1) is 9.58. The second-order valence-electron chi connectivity index (χ2n) is 6.80. The molecule has 1 aromatic carbocycles. The Kier molecular flexibility index (Phi) is 5.42. The maximum atomic E-state index is 3.58. The van der Waals surface area contributed by atoms with Gasteiger partial charge in [0, 0.05) is 6.54 Å². The molecule has 1 aromatic rings. The largest absolute Gasteiger partial charge is 0.313 e. The van der Waals surface area contributed by atoms with Gasteiger partial charge in [-0.3, -0.25) is 0 Å². The van der Waals surface area contributed by atoms with Crippen molar-refractivity contribution in [1.82, 2.24) is 5.32 Å². The van der Waals surface area contributed by atoms with Gasteiger partial charge in [-0.1, -0.05) is 63.6 Å². The van der Waals surface area contributed by atoms with Gasteiger partial charge >= 0.3 is 0 Å². The van der Waals surface area contributed by atoms with Crippen LogP contribution in [0.2, 0.25) is 0 Å². The van der Waals surface area contributed by atoms with Gasteiger partial charge in [0.25, 0.3) is 0 Å². The molecular formula is C19H29N. The van der Waals surface area contributed by atoms with Gasteiger partial charge in [0.1, 0.15) is 0 Å². The molecule has 1 nitrogen and oxygen atoms in total. The quantitative estimate of drug-likeness (QED) is 0.747. The highest BCUT2D eigenvalue weighted by atomic mass is 14.9. The summed E-state index contributed by atoms with van der Waals surface area (Å²) in [5.74, 6) is 2.13. The van der Waals surface area contributed by atoms with Crippen LogP contribution in [0.1, 0.15) is 57.6 Å². The fourth-order valence-corrected chi connectivity index (χ4v) is 2.54. The van der Waals surface area contributed by atoms with E-state index in [0.29, 0.717) is 11.8 Å². The molecule has 1 aliphatic carbocycles. The van der Waals surface area contributed by atoms with Gasteiger partial charge in [0.2, 0.25) is 0 Å². The van der Waals surface area contributed by atoms with Gasteiger partial charge in [-0.15, -0.1) is 0 Å². The third-order valence-electron chi connectivity index (χ3n) is 3.98. The topological polar surface area (TPSA) is 12.0 Å². The Morgan fingerprint density at radius 3 is 2.50 bits per heavy atom. The Bertz CT molecular complexity index is 453. The van der Waals surface area contributed by atoms with Crippen molar-refractivity contribution in [2.45, 2.75) is 46.5 Å². The molecule has 1 heteroatoms. The minimum atomic E-state index is 0.599. The zero-order valence-corrected chi connectivity index (χ0v) is 13.4. The highest BCUT2D eigenvalue weighted by molar-refractivity contribution is 5.59. The molecule has 0 aromatic heterocycles. The molecule has 110 valence electrons. The molecule has 0 radical (unpaired) electrons. The molecule has 0 atom stereocenters. The maximum absolute atomic E-state index is 3.58. The molecule has 0 unspecified atom stereocenters. The first-order valence-electron chi connectivity index (χ1n) is 8.08. The minimum absolute atomic E-state index is 0.599. The monoisotopic (exact) mass is 271 g/mol. The van der Waals surface area contributed by atoms with Crippen molar-refractivity contribution in [3.8, 4) is 0 Å². The molecule has 0 heterocycles. The fraction of sp³-hybridized carbons (Fsp3) is 0.579. The molecule has 0 amide bonds. The molecule has 1 aliphatic rings. The van der Waals surface area contributed by atoms with Crippen LogP contribution in [0, 0.1) is 11.8 Å². The lowest BCUT2D eigenvalue weighted by Crippen LogP contribution is -2.23. The zero-order chi connectivity index (χ0) is 14.5. The Labute approximate surface area is 124 Å². The van der Waals surface area contributed by atoms with E-state index in [1.165, 1.54) is 24.0 Å². The van der Waals surface area contributed by atoms with Crippen molar-refractivity contribution in [3.63, 3.8) is 0 Å². The number of nitrogens with one attached hydrogen (secondary N) is 1. The van der Waals surface area contributed by atoms with E-state index in [0.717, 1.165) is 19.0 Å². The summed E-state index contributed by atoms with van der Waals surface area (Å²) in [5.41, 5.74) is 4.50. The predicted octanol–water partition coefficient (Wildman–Crippen LogP) is 4.85. The number of hydrogen-bond acceptors (Lipinski definition) is 1. The molecule has 1 fully saturated rings. The van der Waals surface area contributed by atoms with Crippen molar-refractivity contribution in [1.29, 1.82) is 0 Å². The summed E-state index contributed by atoms with van der Waals surface area (Å²) in [5, 5.41) is 3.58. The molecular weight excluding hydrogens is 242 g/mol. The molecule has 0 bridgehead atoms. The van der Waals surface area contributed by atoms with E-state index in [-0.39, 0.29) is 0 Å². The van der Waals surface area contributed by atoms with Crippen LogP contribution in [-0.2, 0) is 0 Å². The Morgan fingerprint density at radius 1 is 1.20 bits per heavy atom. The van der Waals surface area contributed by atoms with Crippen LogP contribution >= 0.6 is 0 Å². The van der Waals surface area contributed by atoms with Gasteiger partial charge in [-0.25, -0.2) is 0 Å². The molecule has 0 saturated heterocycles. The van der Waals surface area contributed by atoms with E-state index in [4.69, 9.17) is 0 Å². The molecule has 1 N–H and O–H groups in total. The van der Waals surface area contributed by atoms with Crippen molar-refractivity contribution >= 4 is 6.08 Å². The van der Waals surface area contributed by atoms with Crippen LogP contribution in [0.3, 0.4) is 0 Å². The van der Waals surface area contributed by atoms with Crippen molar-refractivity contribution < 1.29 is 0 Å². The Hall–Kier alpha value is -1.08. The number of hydrogen-bond donors (Lipinski definition) is 1. The second-order valence-corrected chi connectivity index (χ2v) is 6.80. The summed E-state index contributed by atoms with van der Waals surface area (Å²) in [4.78, 5) is 0. The summed E-state index contributed by atoms with van der Waals surface area (Å²) >= 11 is 0. The number of benzene rings is 1. The van der Waals surface area contributed by atoms with Crippen LogP contribution in [-0.4, -0.2) is 13.1 Å². The average Bonchev–Trinajstić information content (AvgIpc) is 3.22. The van der Waals surface area contributed by atoms with E-state index >= 15 is 0 Å². The smallest absolute Gasteiger partial charge is 0.0170 e. The first-order valence-corrected chi connectivity index (χ1v) is 8.08. The molecule has 1 saturated carbocycles. The summed E-state index contributed by atoms with van der Waals surface area (Å²) < 4.78 is 0. The third-order valence-corrected chi connectivity index (χ3v) is 3.98. The average molecular weight is 271 g/mol. The minimum Gasteiger partial charge on any atom is -0.313 e. The lowest BCUT2D eigenvalue weighted by atomic mass is 9.96. The SMILES string of the molecule is CC(C)CNC/C(=C/c1ccccc1C1CC1)C(C)C. The van der Waals surface area contributed by atoms with E-state index in [2.05, 4.69) is 63.4 Å². The highest BCUT2D eigenvalue weighted by Gasteiger charge is 2.25. The van der Waals surface area contributed by atoms with Crippen LogP contribution in [0.15, 0.2) is 29.8 Å². The molecule has 0 spiro atoms. The summed E-state index contributed by atoms with van der Waals surface area (Å²) in [7, 11) is 0. The molecule has 20 heavy (non-hydrogen) atoms. The standard InChI is InChI=1S/C19H29N/c1-14(2)12-20-13-18(15(3)4)11-17-7-5-6-8-19(17)16-9-10-16/h5-8,11,14-16,20H,9-10,12-13H2,1-4H3/b18-11-.